The Bertz CT molecular complexity index is 364. The van der Waals surface area contributed by atoms with E-state index in [9.17, 15) is 0 Å². The molecule has 0 saturated carbocycles. The Balaban J connectivity index is 2.41. The third kappa shape index (κ3) is 6.81. The Labute approximate surface area is 129 Å². The Morgan fingerprint density at radius 1 is 1.25 bits per heavy atom. The number of aryl methyl sites for hydroxylation is 1. The van der Waals surface area contributed by atoms with Crippen LogP contribution in [-0.2, 0) is 0 Å². The first-order valence-corrected chi connectivity index (χ1v) is 9.04. The predicted octanol–water partition coefficient (Wildman–Crippen LogP) is 5.28. The van der Waals surface area contributed by atoms with Gasteiger partial charge in [0, 0.05) is 16.7 Å². The third-order valence-electron chi connectivity index (χ3n) is 4.01. The Morgan fingerprint density at radius 2 is 2.05 bits per heavy atom. The first kappa shape index (κ1) is 17.6. The number of rotatable bonds is 10. The van der Waals surface area contributed by atoms with Crippen LogP contribution in [0.15, 0.2) is 29.2 Å². The van der Waals surface area contributed by atoms with Gasteiger partial charge < -0.3 is 5.32 Å². The van der Waals surface area contributed by atoms with Crippen LogP contribution in [0, 0.1) is 12.8 Å². The minimum Gasteiger partial charge on any atom is -0.316 e. The number of benzene rings is 1. The molecular formula is C18H31NS. The summed E-state index contributed by atoms with van der Waals surface area (Å²) < 4.78 is 0. The molecule has 0 radical (unpaired) electrons. The van der Waals surface area contributed by atoms with Gasteiger partial charge in [0.25, 0.3) is 0 Å². The highest BCUT2D eigenvalue weighted by atomic mass is 32.2. The van der Waals surface area contributed by atoms with Crippen LogP contribution in [0.2, 0.25) is 0 Å². The highest BCUT2D eigenvalue weighted by molar-refractivity contribution is 7.99. The van der Waals surface area contributed by atoms with Crippen molar-refractivity contribution in [1.82, 2.24) is 5.32 Å². The number of hydrogen-bond acceptors (Lipinski definition) is 2. The van der Waals surface area contributed by atoms with Gasteiger partial charge in [0.05, 0.1) is 0 Å². The fourth-order valence-electron chi connectivity index (χ4n) is 2.55. The van der Waals surface area contributed by atoms with Gasteiger partial charge in [-0.25, -0.2) is 0 Å². The van der Waals surface area contributed by atoms with Gasteiger partial charge in [-0.3, -0.25) is 0 Å². The van der Waals surface area contributed by atoms with Crippen molar-refractivity contribution < 1.29 is 0 Å². The molecule has 1 aromatic carbocycles. The summed E-state index contributed by atoms with van der Waals surface area (Å²) in [5, 5.41) is 3.51. The Hall–Kier alpha value is -0.470. The van der Waals surface area contributed by atoms with Crippen molar-refractivity contribution in [2.24, 2.45) is 5.92 Å². The molecule has 0 amide bonds. The Kier molecular flexibility index (Phi) is 9.04. The zero-order valence-electron chi connectivity index (χ0n) is 13.6. The third-order valence-corrected chi connectivity index (χ3v) is 5.17. The van der Waals surface area contributed by atoms with Crippen LogP contribution in [0.5, 0.6) is 0 Å². The molecule has 0 aliphatic carbocycles. The molecule has 0 spiro atoms. The van der Waals surface area contributed by atoms with E-state index in [1.54, 1.807) is 0 Å². The zero-order chi connectivity index (χ0) is 14.8. The van der Waals surface area contributed by atoms with Gasteiger partial charge in [-0.1, -0.05) is 57.2 Å². The van der Waals surface area contributed by atoms with Gasteiger partial charge in [-0.05, 0) is 38.4 Å². The summed E-state index contributed by atoms with van der Waals surface area (Å²) in [6.45, 7) is 6.79. The maximum atomic E-state index is 3.51. The van der Waals surface area contributed by atoms with Crippen LogP contribution in [0.3, 0.4) is 0 Å². The van der Waals surface area contributed by atoms with Crippen molar-refractivity contribution in [3.8, 4) is 0 Å². The topological polar surface area (TPSA) is 12.0 Å². The molecule has 0 aliphatic heterocycles. The highest BCUT2D eigenvalue weighted by Crippen LogP contribution is 2.24. The van der Waals surface area contributed by atoms with Gasteiger partial charge in [-0.15, -0.1) is 11.8 Å². The second-order valence-electron chi connectivity index (χ2n) is 5.77. The molecule has 1 rings (SSSR count). The molecule has 1 nitrogen and oxygen atoms in total. The average molecular weight is 294 g/mol. The number of unbranched alkanes of at least 4 members (excludes halogenated alkanes) is 1. The van der Waals surface area contributed by atoms with Gasteiger partial charge in [0.1, 0.15) is 0 Å². The van der Waals surface area contributed by atoms with E-state index >= 15 is 0 Å². The molecule has 0 aliphatic rings. The minimum absolute atomic E-state index is 0.627. The van der Waals surface area contributed by atoms with Crippen molar-refractivity contribution in [2.75, 3.05) is 12.8 Å². The molecule has 0 fully saturated rings. The monoisotopic (exact) mass is 293 g/mol. The first-order chi connectivity index (χ1) is 9.69. The van der Waals surface area contributed by atoms with E-state index in [0.29, 0.717) is 6.04 Å². The second-order valence-corrected chi connectivity index (χ2v) is 6.86. The fraction of sp³-hybridized carbons (Fsp3) is 0.667. The summed E-state index contributed by atoms with van der Waals surface area (Å²) in [5.41, 5.74) is 1.35. The smallest absolute Gasteiger partial charge is 0.0161 e. The highest BCUT2D eigenvalue weighted by Gasteiger charge is 2.14. The van der Waals surface area contributed by atoms with Crippen LogP contribution < -0.4 is 5.32 Å². The molecular weight excluding hydrogens is 262 g/mol. The standard InChI is InChI=1S/C18H31NS/c1-5-7-10-16(6-2)13-17(19-4)14-20-18-11-8-9-15(3)12-18/h8-9,11-12,16-17,19H,5-7,10,13-14H2,1-4H3. The number of thioether (sulfide) groups is 1. The average Bonchev–Trinajstić information content (AvgIpc) is 2.47. The van der Waals surface area contributed by atoms with Crippen molar-refractivity contribution in [3.05, 3.63) is 29.8 Å². The molecule has 2 atom stereocenters. The lowest BCUT2D eigenvalue weighted by Gasteiger charge is -2.22. The summed E-state index contributed by atoms with van der Waals surface area (Å²) in [4.78, 5) is 1.40. The summed E-state index contributed by atoms with van der Waals surface area (Å²) in [7, 11) is 2.11. The molecule has 0 bridgehead atoms. The summed E-state index contributed by atoms with van der Waals surface area (Å²) in [6, 6.07) is 9.45. The van der Waals surface area contributed by atoms with Gasteiger partial charge in [0.2, 0.25) is 0 Å². The van der Waals surface area contributed by atoms with Crippen LogP contribution in [-0.4, -0.2) is 18.8 Å². The summed E-state index contributed by atoms with van der Waals surface area (Å²) >= 11 is 1.98. The first-order valence-electron chi connectivity index (χ1n) is 8.06. The van der Waals surface area contributed by atoms with E-state index in [-0.39, 0.29) is 0 Å². The lowest BCUT2D eigenvalue weighted by molar-refractivity contribution is 0.375. The van der Waals surface area contributed by atoms with E-state index in [4.69, 9.17) is 0 Å². The largest absolute Gasteiger partial charge is 0.316 e. The van der Waals surface area contributed by atoms with E-state index < -0.39 is 0 Å². The van der Waals surface area contributed by atoms with E-state index in [1.165, 1.54) is 48.3 Å². The van der Waals surface area contributed by atoms with Crippen molar-refractivity contribution in [2.45, 2.75) is 63.8 Å². The number of hydrogen-bond donors (Lipinski definition) is 1. The SMILES string of the molecule is CCCCC(CC)CC(CSc1cccc(C)c1)NC. The Morgan fingerprint density at radius 3 is 2.65 bits per heavy atom. The lowest BCUT2D eigenvalue weighted by atomic mass is 9.93. The molecule has 114 valence electrons. The molecule has 0 saturated heterocycles. The predicted molar refractivity (Wildman–Crippen MR) is 92.7 cm³/mol. The van der Waals surface area contributed by atoms with Gasteiger partial charge >= 0.3 is 0 Å². The molecule has 2 heteroatoms. The molecule has 0 heterocycles. The summed E-state index contributed by atoms with van der Waals surface area (Å²) in [6.07, 6.45) is 6.71. The van der Waals surface area contributed by atoms with Crippen LogP contribution in [0.1, 0.15) is 51.5 Å². The van der Waals surface area contributed by atoms with Crippen LogP contribution in [0.25, 0.3) is 0 Å². The fourth-order valence-corrected chi connectivity index (χ4v) is 3.70. The van der Waals surface area contributed by atoms with E-state index in [2.05, 4.69) is 57.4 Å². The summed E-state index contributed by atoms with van der Waals surface area (Å²) in [5.74, 6) is 2.05. The maximum Gasteiger partial charge on any atom is 0.0161 e. The lowest BCUT2D eigenvalue weighted by Crippen LogP contribution is -2.30. The van der Waals surface area contributed by atoms with Gasteiger partial charge in [0.15, 0.2) is 0 Å². The maximum absolute atomic E-state index is 3.51. The van der Waals surface area contributed by atoms with Crippen molar-refractivity contribution >= 4 is 11.8 Å². The molecule has 2 unspecified atom stereocenters. The quantitative estimate of drug-likeness (QED) is 0.589. The van der Waals surface area contributed by atoms with E-state index in [1.807, 2.05) is 11.8 Å². The normalized spacial score (nSPS) is 14.2. The zero-order valence-corrected chi connectivity index (χ0v) is 14.4. The van der Waals surface area contributed by atoms with Gasteiger partial charge in [-0.2, -0.15) is 0 Å². The molecule has 1 aromatic rings. The van der Waals surface area contributed by atoms with Crippen LogP contribution >= 0.6 is 11.8 Å². The molecule has 20 heavy (non-hydrogen) atoms. The minimum atomic E-state index is 0.627. The van der Waals surface area contributed by atoms with E-state index in [0.717, 1.165) is 5.92 Å². The van der Waals surface area contributed by atoms with Crippen LogP contribution in [0.4, 0.5) is 0 Å². The van der Waals surface area contributed by atoms with Crippen molar-refractivity contribution in [1.29, 1.82) is 0 Å². The van der Waals surface area contributed by atoms with Crippen molar-refractivity contribution in [3.63, 3.8) is 0 Å². The molecule has 0 aromatic heterocycles. The molecule has 1 N–H and O–H groups in total. The second kappa shape index (κ2) is 10.3. The number of nitrogens with one attached hydrogen (secondary N) is 1.